The number of rotatable bonds is 8. The predicted molar refractivity (Wildman–Crippen MR) is 85.7 cm³/mol. The maximum Gasteiger partial charge on any atom is 0.161 e. The van der Waals surface area contributed by atoms with Crippen LogP contribution in [0.4, 0.5) is 0 Å². The number of nitrogens with zero attached hydrogens (tertiary/aromatic N) is 2. The van der Waals surface area contributed by atoms with Gasteiger partial charge in [0.2, 0.25) is 0 Å². The van der Waals surface area contributed by atoms with E-state index in [0.717, 1.165) is 31.0 Å². The van der Waals surface area contributed by atoms with Gasteiger partial charge in [-0.2, -0.15) is 5.10 Å². The highest BCUT2D eigenvalue weighted by atomic mass is 16.5. The zero-order valence-corrected chi connectivity index (χ0v) is 14.6. The van der Waals surface area contributed by atoms with Crippen molar-refractivity contribution in [1.29, 1.82) is 0 Å². The minimum Gasteiger partial charge on any atom is -0.493 e. The summed E-state index contributed by atoms with van der Waals surface area (Å²) < 4.78 is 13.3. The molecule has 0 bridgehead atoms. The average Bonchev–Trinajstić information content (AvgIpc) is 2.84. The van der Waals surface area contributed by atoms with E-state index in [-0.39, 0.29) is 17.6 Å². The molecule has 122 valence electrons. The fourth-order valence-corrected chi connectivity index (χ4v) is 2.74. The van der Waals surface area contributed by atoms with Gasteiger partial charge in [0.15, 0.2) is 5.75 Å². The first-order valence-electron chi connectivity index (χ1n) is 7.76. The number of hydrogen-bond acceptors (Lipinski definition) is 4. The van der Waals surface area contributed by atoms with Crippen LogP contribution in [0.2, 0.25) is 0 Å². The van der Waals surface area contributed by atoms with Crippen LogP contribution >= 0.6 is 0 Å². The van der Waals surface area contributed by atoms with Crippen molar-refractivity contribution in [2.75, 3.05) is 20.8 Å². The number of aryl methyl sites for hydroxylation is 1. The first kappa shape index (κ1) is 18.0. The van der Waals surface area contributed by atoms with E-state index < -0.39 is 0 Å². The Morgan fingerprint density at radius 3 is 2.38 bits per heavy atom. The van der Waals surface area contributed by atoms with Gasteiger partial charge in [0.1, 0.15) is 0 Å². The van der Waals surface area contributed by atoms with Crippen LogP contribution in [0.1, 0.15) is 52.8 Å². The Balaban J connectivity index is 3.26. The monoisotopic (exact) mass is 297 g/mol. The molecule has 21 heavy (non-hydrogen) atoms. The molecule has 1 heterocycles. The third-order valence-corrected chi connectivity index (χ3v) is 3.68. The lowest BCUT2D eigenvalue weighted by molar-refractivity contribution is -0.0144. The van der Waals surface area contributed by atoms with Gasteiger partial charge < -0.3 is 14.8 Å². The third-order valence-electron chi connectivity index (χ3n) is 3.68. The summed E-state index contributed by atoms with van der Waals surface area (Å²) in [6.45, 7) is 12.6. The summed E-state index contributed by atoms with van der Waals surface area (Å²) >= 11 is 0. The third kappa shape index (κ3) is 4.20. The van der Waals surface area contributed by atoms with Crippen molar-refractivity contribution < 1.29 is 9.47 Å². The Hall–Kier alpha value is -1.07. The van der Waals surface area contributed by atoms with Gasteiger partial charge in [-0.1, -0.05) is 27.7 Å². The van der Waals surface area contributed by atoms with Crippen molar-refractivity contribution in [1.82, 2.24) is 15.1 Å². The summed E-state index contributed by atoms with van der Waals surface area (Å²) in [5.74, 6) is 0.816. The van der Waals surface area contributed by atoms with Gasteiger partial charge in [-0.15, -0.1) is 0 Å². The van der Waals surface area contributed by atoms with E-state index >= 15 is 0 Å². The Labute approximate surface area is 129 Å². The van der Waals surface area contributed by atoms with Crippen molar-refractivity contribution >= 4 is 0 Å². The van der Waals surface area contributed by atoms with Gasteiger partial charge >= 0.3 is 0 Å². The van der Waals surface area contributed by atoms with Gasteiger partial charge in [-0.3, -0.25) is 4.68 Å². The van der Waals surface area contributed by atoms with Crippen LogP contribution in [0.5, 0.6) is 5.75 Å². The highest BCUT2D eigenvalue weighted by Crippen LogP contribution is 2.36. The summed E-state index contributed by atoms with van der Waals surface area (Å²) in [4.78, 5) is 0. The molecule has 0 amide bonds. The van der Waals surface area contributed by atoms with E-state index in [1.165, 1.54) is 0 Å². The van der Waals surface area contributed by atoms with E-state index in [9.17, 15) is 0 Å². The van der Waals surface area contributed by atoms with Gasteiger partial charge in [-0.25, -0.2) is 0 Å². The molecule has 0 saturated carbocycles. The Morgan fingerprint density at radius 2 is 1.95 bits per heavy atom. The average molecular weight is 297 g/mol. The molecule has 5 nitrogen and oxygen atoms in total. The molecule has 1 N–H and O–H groups in total. The van der Waals surface area contributed by atoms with Crippen LogP contribution in [-0.2, 0) is 11.3 Å². The van der Waals surface area contributed by atoms with Crippen LogP contribution in [0.3, 0.4) is 0 Å². The normalized spacial score (nSPS) is 15.0. The number of ether oxygens (including phenoxy) is 2. The van der Waals surface area contributed by atoms with Crippen LogP contribution in [0, 0.1) is 5.41 Å². The van der Waals surface area contributed by atoms with E-state index in [2.05, 4.69) is 45.0 Å². The van der Waals surface area contributed by atoms with Gasteiger partial charge in [0, 0.05) is 13.7 Å². The van der Waals surface area contributed by atoms with Crippen molar-refractivity contribution in [2.24, 2.45) is 5.41 Å². The maximum atomic E-state index is 5.84. The molecule has 1 aromatic rings. The largest absolute Gasteiger partial charge is 0.493 e. The first-order chi connectivity index (χ1) is 9.90. The number of nitrogens with one attached hydrogen (secondary N) is 1. The number of methoxy groups -OCH3 is 2. The second-order valence-electron chi connectivity index (χ2n) is 6.37. The molecule has 0 spiro atoms. The van der Waals surface area contributed by atoms with Crippen LogP contribution in [0.15, 0.2) is 6.20 Å². The molecule has 2 atom stereocenters. The van der Waals surface area contributed by atoms with Crippen molar-refractivity contribution in [3.63, 3.8) is 0 Å². The minimum atomic E-state index is 0.00795. The SMILES string of the molecule is CCCNC(c1c(OC)cnn1CC)C(OC)C(C)(C)C. The summed E-state index contributed by atoms with van der Waals surface area (Å²) in [6.07, 6.45) is 2.88. The van der Waals surface area contributed by atoms with E-state index in [4.69, 9.17) is 9.47 Å². The number of hydrogen-bond donors (Lipinski definition) is 1. The van der Waals surface area contributed by atoms with E-state index in [1.807, 2.05) is 4.68 Å². The first-order valence-corrected chi connectivity index (χ1v) is 7.76. The van der Waals surface area contributed by atoms with Gasteiger partial charge in [0.05, 0.1) is 31.1 Å². The zero-order valence-electron chi connectivity index (χ0n) is 14.6. The molecule has 0 aliphatic heterocycles. The van der Waals surface area contributed by atoms with Crippen LogP contribution < -0.4 is 10.1 Å². The summed E-state index contributed by atoms with van der Waals surface area (Å²) in [6, 6.07) is 0.0485. The van der Waals surface area contributed by atoms with Crippen molar-refractivity contribution in [2.45, 2.75) is 59.7 Å². The fraction of sp³-hybridized carbons (Fsp3) is 0.812. The van der Waals surface area contributed by atoms with E-state index in [1.54, 1.807) is 20.4 Å². The smallest absolute Gasteiger partial charge is 0.161 e. The zero-order chi connectivity index (χ0) is 16.0. The molecular formula is C16H31N3O2. The second kappa shape index (κ2) is 7.80. The van der Waals surface area contributed by atoms with Crippen molar-refractivity contribution in [3.8, 4) is 5.75 Å². The summed E-state index contributed by atoms with van der Waals surface area (Å²) in [5, 5.41) is 8.04. The van der Waals surface area contributed by atoms with Crippen LogP contribution in [0.25, 0.3) is 0 Å². The number of aromatic nitrogens is 2. The van der Waals surface area contributed by atoms with Crippen LogP contribution in [-0.4, -0.2) is 36.6 Å². The molecule has 1 aromatic heterocycles. The highest BCUT2D eigenvalue weighted by molar-refractivity contribution is 5.29. The highest BCUT2D eigenvalue weighted by Gasteiger charge is 2.36. The lowest BCUT2D eigenvalue weighted by Gasteiger charge is -2.37. The topological polar surface area (TPSA) is 48.3 Å². The fourth-order valence-electron chi connectivity index (χ4n) is 2.74. The Kier molecular flexibility index (Phi) is 6.68. The lowest BCUT2D eigenvalue weighted by atomic mass is 9.83. The molecule has 0 radical (unpaired) electrons. The molecule has 0 aliphatic rings. The second-order valence-corrected chi connectivity index (χ2v) is 6.37. The van der Waals surface area contributed by atoms with Crippen molar-refractivity contribution in [3.05, 3.63) is 11.9 Å². The predicted octanol–water partition coefficient (Wildman–Crippen LogP) is 3.01. The van der Waals surface area contributed by atoms with E-state index in [0.29, 0.717) is 0 Å². The standard InChI is InChI=1S/C16H31N3O2/c1-8-10-17-13(15(21-7)16(3,4)5)14-12(20-6)11-18-19(14)9-2/h11,13,15,17H,8-10H2,1-7H3. The molecule has 0 aromatic carbocycles. The molecule has 1 rings (SSSR count). The lowest BCUT2D eigenvalue weighted by Crippen LogP contribution is -2.43. The minimum absolute atomic E-state index is 0.00795. The van der Waals surface area contributed by atoms with Gasteiger partial charge in [-0.05, 0) is 25.3 Å². The molecule has 0 aliphatic carbocycles. The molecule has 0 saturated heterocycles. The molecule has 5 heteroatoms. The quantitative estimate of drug-likeness (QED) is 0.801. The summed E-state index contributed by atoms with van der Waals surface area (Å²) in [7, 11) is 3.46. The Bertz CT molecular complexity index is 402. The molecular weight excluding hydrogens is 266 g/mol. The maximum absolute atomic E-state index is 5.84. The summed E-state index contributed by atoms with van der Waals surface area (Å²) in [5.41, 5.74) is 1.07. The molecule has 2 unspecified atom stereocenters. The Morgan fingerprint density at radius 1 is 1.29 bits per heavy atom. The molecule has 0 fully saturated rings. The van der Waals surface area contributed by atoms with Gasteiger partial charge in [0.25, 0.3) is 0 Å².